The van der Waals surface area contributed by atoms with Gasteiger partial charge < -0.3 is 9.84 Å². The summed E-state index contributed by atoms with van der Waals surface area (Å²) in [5.41, 5.74) is 0.807. The molecule has 0 radical (unpaired) electrons. The maximum atomic E-state index is 10.8. The van der Waals surface area contributed by atoms with Gasteiger partial charge in [-0.25, -0.2) is 0 Å². The third-order valence-electron chi connectivity index (χ3n) is 2.40. The second kappa shape index (κ2) is 7.59. The lowest BCUT2D eigenvalue weighted by Gasteiger charge is -2.20. The predicted molar refractivity (Wildman–Crippen MR) is 71.3 cm³/mol. The van der Waals surface area contributed by atoms with Crippen LogP contribution in [0.4, 0.5) is 0 Å². The highest BCUT2D eigenvalue weighted by molar-refractivity contribution is 6.42. The zero-order chi connectivity index (χ0) is 13.5. The molecule has 4 nitrogen and oxygen atoms in total. The van der Waals surface area contributed by atoms with Gasteiger partial charge in [-0.2, -0.15) is 0 Å². The summed E-state index contributed by atoms with van der Waals surface area (Å²) in [6.07, 6.45) is 0. The number of nitrogens with zero attached hydrogens (tertiary/aromatic N) is 1. The van der Waals surface area contributed by atoms with Gasteiger partial charge in [-0.1, -0.05) is 35.3 Å². The minimum Gasteiger partial charge on any atom is -0.480 e. The van der Waals surface area contributed by atoms with E-state index in [1.54, 1.807) is 24.1 Å². The number of aliphatic carboxylic acids is 1. The average molecular weight is 292 g/mol. The Morgan fingerprint density at radius 2 is 2.17 bits per heavy atom. The molecule has 0 spiro atoms. The van der Waals surface area contributed by atoms with E-state index < -0.39 is 5.97 Å². The van der Waals surface area contributed by atoms with Gasteiger partial charge in [0.25, 0.3) is 0 Å². The van der Waals surface area contributed by atoms with Gasteiger partial charge in [0.05, 0.1) is 23.2 Å². The lowest BCUT2D eigenvalue weighted by atomic mass is 10.2. The van der Waals surface area contributed by atoms with Crippen molar-refractivity contribution in [2.45, 2.75) is 6.54 Å². The molecule has 0 saturated heterocycles. The Hall–Kier alpha value is -0.810. The van der Waals surface area contributed by atoms with Gasteiger partial charge in [0, 0.05) is 20.2 Å². The molecule has 18 heavy (non-hydrogen) atoms. The summed E-state index contributed by atoms with van der Waals surface area (Å²) < 4.78 is 4.95. The fraction of sp³-hybridized carbons (Fsp3) is 0.417. The molecule has 0 aromatic heterocycles. The maximum absolute atomic E-state index is 10.8. The summed E-state index contributed by atoms with van der Waals surface area (Å²) in [5, 5.41) is 9.78. The smallest absolute Gasteiger partial charge is 0.317 e. The van der Waals surface area contributed by atoms with E-state index in [1.807, 2.05) is 6.07 Å². The molecule has 0 bridgehead atoms. The number of carbonyl (C=O) groups is 1. The van der Waals surface area contributed by atoms with E-state index in [0.29, 0.717) is 29.7 Å². The van der Waals surface area contributed by atoms with Crippen molar-refractivity contribution in [2.24, 2.45) is 0 Å². The van der Waals surface area contributed by atoms with Gasteiger partial charge in [-0.15, -0.1) is 0 Å². The van der Waals surface area contributed by atoms with Gasteiger partial charge in [0.1, 0.15) is 0 Å². The molecule has 100 valence electrons. The molecule has 0 fully saturated rings. The van der Waals surface area contributed by atoms with E-state index in [2.05, 4.69) is 0 Å². The SMILES string of the molecule is COCCN(CC(=O)O)Cc1cccc(Cl)c1Cl. The monoisotopic (exact) mass is 291 g/mol. The number of benzene rings is 1. The topological polar surface area (TPSA) is 49.8 Å². The van der Waals surface area contributed by atoms with Crippen LogP contribution in [0.25, 0.3) is 0 Å². The van der Waals surface area contributed by atoms with Crippen LogP contribution < -0.4 is 0 Å². The standard InChI is InChI=1S/C12H15Cl2NO3/c1-18-6-5-15(8-11(16)17)7-9-3-2-4-10(13)12(9)14/h2-4H,5-8H2,1H3,(H,16,17). The number of halogens is 2. The van der Waals surface area contributed by atoms with E-state index in [1.165, 1.54) is 0 Å². The van der Waals surface area contributed by atoms with Crippen LogP contribution >= 0.6 is 23.2 Å². The number of hydrogen-bond acceptors (Lipinski definition) is 3. The molecule has 1 aromatic carbocycles. The summed E-state index contributed by atoms with van der Waals surface area (Å²) in [7, 11) is 1.57. The van der Waals surface area contributed by atoms with Crippen LogP contribution in [0.1, 0.15) is 5.56 Å². The fourth-order valence-electron chi connectivity index (χ4n) is 1.54. The molecule has 0 aliphatic carbocycles. The normalized spacial score (nSPS) is 10.9. The molecule has 1 aromatic rings. The van der Waals surface area contributed by atoms with Crippen LogP contribution in [-0.2, 0) is 16.1 Å². The summed E-state index contributed by atoms with van der Waals surface area (Å²) in [6.45, 7) is 1.35. The number of carboxylic acid groups (broad SMARTS) is 1. The number of carboxylic acids is 1. The molecule has 0 aliphatic heterocycles. The minimum absolute atomic E-state index is 0.0633. The van der Waals surface area contributed by atoms with Crippen LogP contribution in [0.15, 0.2) is 18.2 Å². The molecule has 0 unspecified atom stereocenters. The van der Waals surface area contributed by atoms with Gasteiger partial charge in [-0.3, -0.25) is 9.69 Å². The van der Waals surface area contributed by atoms with Crippen molar-refractivity contribution in [3.63, 3.8) is 0 Å². The average Bonchev–Trinajstić information content (AvgIpc) is 2.31. The predicted octanol–water partition coefficient (Wildman–Crippen LogP) is 2.53. The molecular weight excluding hydrogens is 277 g/mol. The molecule has 0 amide bonds. The van der Waals surface area contributed by atoms with E-state index in [0.717, 1.165) is 5.56 Å². The lowest BCUT2D eigenvalue weighted by molar-refractivity contribution is -0.138. The maximum Gasteiger partial charge on any atom is 0.317 e. The van der Waals surface area contributed by atoms with Gasteiger partial charge in [-0.05, 0) is 11.6 Å². The number of rotatable bonds is 7. The molecule has 1 rings (SSSR count). The first kappa shape index (κ1) is 15.2. The van der Waals surface area contributed by atoms with Crippen molar-refractivity contribution >= 4 is 29.2 Å². The quantitative estimate of drug-likeness (QED) is 0.839. The molecule has 1 N–H and O–H groups in total. The van der Waals surface area contributed by atoms with E-state index in [9.17, 15) is 4.79 Å². The Morgan fingerprint density at radius 1 is 1.44 bits per heavy atom. The first-order chi connectivity index (χ1) is 8.54. The number of ether oxygens (including phenoxy) is 1. The first-order valence-corrected chi connectivity index (χ1v) is 6.16. The summed E-state index contributed by atoms with van der Waals surface area (Å²) in [4.78, 5) is 12.5. The Kier molecular flexibility index (Phi) is 6.43. The highest BCUT2D eigenvalue weighted by atomic mass is 35.5. The largest absolute Gasteiger partial charge is 0.480 e. The van der Waals surface area contributed by atoms with Crippen molar-refractivity contribution in [3.05, 3.63) is 33.8 Å². The summed E-state index contributed by atoms with van der Waals surface area (Å²) >= 11 is 12.0. The fourth-order valence-corrected chi connectivity index (χ4v) is 1.92. The molecular formula is C12H15Cl2NO3. The zero-order valence-corrected chi connectivity index (χ0v) is 11.5. The Bertz CT molecular complexity index is 412. The second-order valence-corrected chi connectivity index (χ2v) is 4.60. The van der Waals surface area contributed by atoms with E-state index in [-0.39, 0.29) is 6.54 Å². The molecule has 0 saturated carbocycles. The Morgan fingerprint density at radius 3 is 2.78 bits per heavy atom. The third-order valence-corrected chi connectivity index (χ3v) is 3.25. The highest BCUT2D eigenvalue weighted by Gasteiger charge is 2.13. The Labute approximate surface area is 116 Å². The zero-order valence-electron chi connectivity index (χ0n) is 10.0. The van der Waals surface area contributed by atoms with Gasteiger partial charge in [0.15, 0.2) is 0 Å². The molecule has 0 aliphatic rings. The van der Waals surface area contributed by atoms with E-state index >= 15 is 0 Å². The minimum atomic E-state index is -0.885. The molecule has 0 heterocycles. The molecule has 6 heteroatoms. The number of methoxy groups -OCH3 is 1. The summed E-state index contributed by atoms with van der Waals surface area (Å²) in [5.74, 6) is -0.885. The lowest BCUT2D eigenvalue weighted by Crippen LogP contribution is -2.32. The van der Waals surface area contributed by atoms with Crippen molar-refractivity contribution < 1.29 is 14.6 Å². The van der Waals surface area contributed by atoms with Crippen molar-refractivity contribution in [1.29, 1.82) is 0 Å². The van der Waals surface area contributed by atoms with Crippen molar-refractivity contribution in [2.75, 3.05) is 26.8 Å². The van der Waals surface area contributed by atoms with Crippen LogP contribution in [-0.4, -0.2) is 42.8 Å². The summed E-state index contributed by atoms with van der Waals surface area (Å²) in [6, 6.07) is 5.32. The number of hydrogen-bond donors (Lipinski definition) is 1. The van der Waals surface area contributed by atoms with Crippen molar-refractivity contribution in [3.8, 4) is 0 Å². The van der Waals surface area contributed by atoms with Crippen LogP contribution in [0.5, 0.6) is 0 Å². The molecule has 0 atom stereocenters. The van der Waals surface area contributed by atoms with E-state index in [4.69, 9.17) is 33.0 Å². The first-order valence-electron chi connectivity index (χ1n) is 5.40. The van der Waals surface area contributed by atoms with Crippen LogP contribution in [0.2, 0.25) is 10.0 Å². The third kappa shape index (κ3) is 4.82. The van der Waals surface area contributed by atoms with Crippen molar-refractivity contribution in [1.82, 2.24) is 4.90 Å². The van der Waals surface area contributed by atoms with Gasteiger partial charge >= 0.3 is 5.97 Å². The Balaban J connectivity index is 2.75. The van der Waals surface area contributed by atoms with Crippen LogP contribution in [0, 0.1) is 0 Å². The van der Waals surface area contributed by atoms with Gasteiger partial charge in [0.2, 0.25) is 0 Å². The van der Waals surface area contributed by atoms with Crippen LogP contribution in [0.3, 0.4) is 0 Å². The second-order valence-electron chi connectivity index (χ2n) is 3.81. The highest BCUT2D eigenvalue weighted by Crippen LogP contribution is 2.26.